The second kappa shape index (κ2) is 5.46. The summed E-state index contributed by atoms with van der Waals surface area (Å²) in [5.74, 6) is -0.0103. The molecule has 1 N–H and O–H groups in total. The molecule has 4 heteroatoms. The van der Waals surface area contributed by atoms with Gasteiger partial charge in [0.25, 0.3) is 0 Å². The van der Waals surface area contributed by atoms with Gasteiger partial charge in [0.2, 0.25) is 5.91 Å². The molecule has 0 spiro atoms. The second-order valence-corrected chi connectivity index (χ2v) is 3.66. The van der Waals surface area contributed by atoms with Gasteiger partial charge in [-0.2, -0.15) is 0 Å². The van der Waals surface area contributed by atoms with Crippen LogP contribution in [0.1, 0.15) is 12.5 Å². The van der Waals surface area contributed by atoms with Crippen molar-refractivity contribution in [3.8, 4) is 0 Å². The monoisotopic (exact) mass is 208 g/mol. The lowest BCUT2D eigenvalue weighted by Gasteiger charge is -2.18. The van der Waals surface area contributed by atoms with E-state index in [4.69, 9.17) is 5.11 Å². The minimum Gasteiger partial charge on any atom is -0.392 e. The number of pyridine rings is 1. The van der Waals surface area contributed by atoms with Crippen molar-refractivity contribution >= 4 is 5.91 Å². The van der Waals surface area contributed by atoms with Gasteiger partial charge in [-0.05, 0) is 18.6 Å². The van der Waals surface area contributed by atoms with Crippen LogP contribution in [0, 0.1) is 0 Å². The number of aliphatic hydroxyl groups excluding tert-OH is 1. The highest BCUT2D eigenvalue weighted by molar-refractivity contribution is 5.78. The van der Waals surface area contributed by atoms with E-state index in [2.05, 4.69) is 4.98 Å². The van der Waals surface area contributed by atoms with Crippen LogP contribution in [0.25, 0.3) is 0 Å². The molecule has 15 heavy (non-hydrogen) atoms. The Morgan fingerprint density at radius 1 is 1.67 bits per heavy atom. The lowest BCUT2D eigenvalue weighted by Crippen LogP contribution is -2.34. The first-order chi connectivity index (χ1) is 7.09. The van der Waals surface area contributed by atoms with Crippen LogP contribution in [0.2, 0.25) is 0 Å². The summed E-state index contributed by atoms with van der Waals surface area (Å²) in [7, 11) is 1.69. The summed E-state index contributed by atoms with van der Waals surface area (Å²) < 4.78 is 0. The zero-order valence-electron chi connectivity index (χ0n) is 9.05. The van der Waals surface area contributed by atoms with Gasteiger partial charge in [-0.3, -0.25) is 9.78 Å². The fourth-order valence-corrected chi connectivity index (χ4v) is 1.31. The molecule has 82 valence electrons. The van der Waals surface area contributed by atoms with Crippen molar-refractivity contribution in [1.82, 2.24) is 9.88 Å². The maximum absolute atomic E-state index is 11.6. The van der Waals surface area contributed by atoms with Crippen LogP contribution in [-0.4, -0.2) is 40.6 Å². The van der Waals surface area contributed by atoms with Gasteiger partial charge >= 0.3 is 0 Å². The molecule has 0 fully saturated rings. The predicted octanol–water partition coefficient (Wildman–Crippen LogP) is 0.463. The largest absolute Gasteiger partial charge is 0.392 e. The van der Waals surface area contributed by atoms with Crippen LogP contribution < -0.4 is 0 Å². The topological polar surface area (TPSA) is 53.4 Å². The molecular formula is C11H16N2O2. The van der Waals surface area contributed by atoms with Crippen molar-refractivity contribution in [2.45, 2.75) is 19.4 Å². The maximum atomic E-state index is 11.6. The quantitative estimate of drug-likeness (QED) is 0.782. The van der Waals surface area contributed by atoms with Crippen molar-refractivity contribution in [3.05, 3.63) is 30.1 Å². The number of nitrogens with zero attached hydrogens (tertiary/aromatic N) is 2. The van der Waals surface area contributed by atoms with Gasteiger partial charge in [0.15, 0.2) is 0 Å². The Balaban J connectivity index is 2.49. The number of amides is 1. The highest BCUT2D eigenvalue weighted by Crippen LogP contribution is 2.00. The molecule has 0 aromatic carbocycles. The third kappa shape index (κ3) is 4.08. The Bertz CT molecular complexity index is 312. The number of likely N-dealkylation sites (N-methyl/N-ethyl adjacent to an activating group) is 1. The third-order valence-electron chi connectivity index (χ3n) is 2.04. The van der Waals surface area contributed by atoms with Crippen molar-refractivity contribution in [3.63, 3.8) is 0 Å². The van der Waals surface area contributed by atoms with Gasteiger partial charge in [0.05, 0.1) is 12.5 Å². The van der Waals surface area contributed by atoms with Gasteiger partial charge in [-0.15, -0.1) is 0 Å². The second-order valence-electron chi connectivity index (χ2n) is 3.66. The summed E-state index contributed by atoms with van der Waals surface area (Å²) in [6, 6.07) is 3.67. The Morgan fingerprint density at radius 2 is 2.40 bits per heavy atom. The van der Waals surface area contributed by atoms with Gasteiger partial charge in [0.1, 0.15) is 0 Å². The summed E-state index contributed by atoms with van der Waals surface area (Å²) in [6.07, 6.45) is 3.19. The van der Waals surface area contributed by atoms with E-state index >= 15 is 0 Å². The van der Waals surface area contributed by atoms with Crippen LogP contribution >= 0.6 is 0 Å². The molecule has 0 bridgehead atoms. The van der Waals surface area contributed by atoms with Crippen LogP contribution in [0.15, 0.2) is 24.5 Å². The number of hydrogen-bond acceptors (Lipinski definition) is 3. The normalized spacial score (nSPS) is 12.2. The summed E-state index contributed by atoms with van der Waals surface area (Å²) >= 11 is 0. The smallest absolute Gasteiger partial charge is 0.226 e. The van der Waals surface area contributed by atoms with E-state index < -0.39 is 6.10 Å². The molecule has 0 aliphatic rings. The summed E-state index contributed by atoms with van der Waals surface area (Å²) in [5.41, 5.74) is 0.889. The molecular weight excluding hydrogens is 192 g/mol. The third-order valence-corrected chi connectivity index (χ3v) is 2.04. The Kier molecular flexibility index (Phi) is 4.24. The van der Waals surface area contributed by atoms with Crippen LogP contribution in [0.3, 0.4) is 0 Å². The fraction of sp³-hybridized carbons (Fsp3) is 0.455. The van der Waals surface area contributed by atoms with E-state index in [0.29, 0.717) is 13.0 Å². The number of rotatable bonds is 4. The molecule has 1 aromatic heterocycles. The van der Waals surface area contributed by atoms with Gasteiger partial charge in [0, 0.05) is 26.0 Å². The van der Waals surface area contributed by atoms with Crippen molar-refractivity contribution in [2.75, 3.05) is 13.6 Å². The van der Waals surface area contributed by atoms with E-state index in [1.54, 1.807) is 32.4 Å². The number of aromatic nitrogens is 1. The minimum atomic E-state index is -0.493. The highest BCUT2D eigenvalue weighted by Gasteiger charge is 2.11. The summed E-state index contributed by atoms with van der Waals surface area (Å²) in [5, 5.41) is 9.13. The predicted molar refractivity (Wildman–Crippen MR) is 57.3 cm³/mol. The summed E-state index contributed by atoms with van der Waals surface area (Å²) in [6.45, 7) is 2.02. The molecule has 1 heterocycles. The molecule has 0 aliphatic heterocycles. The Morgan fingerprint density at radius 3 is 2.93 bits per heavy atom. The van der Waals surface area contributed by atoms with Crippen LogP contribution in [0.4, 0.5) is 0 Å². The zero-order chi connectivity index (χ0) is 11.3. The minimum absolute atomic E-state index is 0.0103. The molecule has 1 unspecified atom stereocenters. The standard InChI is InChI=1S/C11H16N2O2/c1-9(14)8-13(2)11(15)6-10-4-3-5-12-7-10/h3-5,7,9,14H,6,8H2,1-2H3. The maximum Gasteiger partial charge on any atom is 0.226 e. The van der Waals surface area contributed by atoms with E-state index in [9.17, 15) is 4.79 Å². The van der Waals surface area contributed by atoms with Crippen LogP contribution in [0.5, 0.6) is 0 Å². The Hall–Kier alpha value is -1.42. The van der Waals surface area contributed by atoms with Gasteiger partial charge in [-0.25, -0.2) is 0 Å². The first kappa shape index (κ1) is 11.7. The fourth-order valence-electron chi connectivity index (χ4n) is 1.31. The van der Waals surface area contributed by atoms with Crippen molar-refractivity contribution in [1.29, 1.82) is 0 Å². The highest BCUT2D eigenvalue weighted by atomic mass is 16.3. The molecule has 1 rings (SSSR count). The molecule has 0 aliphatic carbocycles. The first-order valence-electron chi connectivity index (χ1n) is 4.90. The van der Waals surface area contributed by atoms with Crippen LogP contribution in [-0.2, 0) is 11.2 Å². The molecule has 0 saturated carbocycles. The van der Waals surface area contributed by atoms with Gasteiger partial charge in [-0.1, -0.05) is 6.07 Å². The molecule has 1 amide bonds. The lowest BCUT2D eigenvalue weighted by atomic mass is 10.2. The number of hydrogen-bond donors (Lipinski definition) is 1. The van der Waals surface area contributed by atoms with Crippen molar-refractivity contribution in [2.24, 2.45) is 0 Å². The lowest BCUT2D eigenvalue weighted by molar-refractivity contribution is -0.130. The molecule has 4 nitrogen and oxygen atoms in total. The average molecular weight is 208 g/mol. The first-order valence-corrected chi connectivity index (χ1v) is 4.90. The van der Waals surface area contributed by atoms with E-state index in [-0.39, 0.29) is 5.91 Å². The molecule has 1 aromatic rings. The Labute approximate surface area is 89.6 Å². The zero-order valence-corrected chi connectivity index (χ0v) is 9.05. The SMILES string of the molecule is CC(O)CN(C)C(=O)Cc1cccnc1. The van der Waals surface area contributed by atoms with E-state index in [0.717, 1.165) is 5.56 Å². The van der Waals surface area contributed by atoms with Gasteiger partial charge < -0.3 is 10.0 Å². The van der Waals surface area contributed by atoms with Crippen molar-refractivity contribution < 1.29 is 9.90 Å². The average Bonchev–Trinajstić information content (AvgIpc) is 2.18. The van der Waals surface area contributed by atoms with E-state index in [1.807, 2.05) is 6.07 Å². The number of aliphatic hydroxyl groups is 1. The molecule has 0 radical (unpaired) electrons. The molecule has 0 saturated heterocycles. The number of carbonyl (C=O) groups excluding carboxylic acids is 1. The summed E-state index contributed by atoms with van der Waals surface area (Å²) in [4.78, 5) is 17.1. The molecule has 1 atom stereocenters. The van der Waals surface area contributed by atoms with E-state index in [1.165, 1.54) is 4.90 Å². The number of carbonyl (C=O) groups is 1.